The summed E-state index contributed by atoms with van der Waals surface area (Å²) in [4.78, 5) is 16.5. The number of carbonyl (C=O) groups is 1. The molecule has 7 nitrogen and oxygen atoms in total. The molecule has 0 aliphatic rings. The van der Waals surface area contributed by atoms with Crippen molar-refractivity contribution in [3.05, 3.63) is 59.0 Å². The number of halogens is 1. The Morgan fingerprint density at radius 3 is 2.88 bits per heavy atom. The molecule has 3 aromatic rings. The molecular weight excluding hydrogens is 344 g/mol. The van der Waals surface area contributed by atoms with Gasteiger partial charge in [0.25, 0.3) is 5.91 Å². The molecular formula is C17H17ClN4O3. The van der Waals surface area contributed by atoms with Gasteiger partial charge >= 0.3 is 0 Å². The van der Waals surface area contributed by atoms with E-state index in [1.807, 2.05) is 6.92 Å². The first-order chi connectivity index (χ1) is 12.0. The third kappa shape index (κ3) is 4.26. The van der Waals surface area contributed by atoms with Crippen LogP contribution in [-0.2, 0) is 0 Å². The number of aromatic nitrogens is 3. The number of carbonyl (C=O) groups excluding carboxylic acids is 1. The molecule has 2 heterocycles. The van der Waals surface area contributed by atoms with Crippen molar-refractivity contribution in [1.29, 1.82) is 0 Å². The molecule has 2 N–H and O–H groups in total. The highest BCUT2D eigenvalue weighted by Gasteiger charge is 2.15. The van der Waals surface area contributed by atoms with Crippen LogP contribution in [-0.4, -0.2) is 44.9 Å². The van der Waals surface area contributed by atoms with Crippen LogP contribution in [0.15, 0.2) is 42.9 Å². The van der Waals surface area contributed by atoms with Gasteiger partial charge in [0.2, 0.25) is 0 Å². The fraction of sp³-hybridized carbons (Fsp3) is 0.235. The Bertz CT molecular complexity index is 879. The van der Waals surface area contributed by atoms with Crippen LogP contribution in [0.4, 0.5) is 0 Å². The van der Waals surface area contributed by atoms with E-state index < -0.39 is 6.10 Å². The van der Waals surface area contributed by atoms with Gasteiger partial charge < -0.3 is 15.2 Å². The standard InChI is InChI=1S/C17H17ClN4O3/c1-11-6-19-16-15(8-21-22(16)9-11)17(24)20-7-13(23)10-25-14-4-2-12(18)3-5-14/h2-6,8-9,13,23H,7,10H2,1H3,(H,20,24)/t13-/m0/s1. The predicted molar refractivity (Wildman–Crippen MR) is 93.0 cm³/mol. The van der Waals surface area contributed by atoms with Crippen molar-refractivity contribution in [1.82, 2.24) is 19.9 Å². The molecule has 1 amide bonds. The van der Waals surface area contributed by atoms with Gasteiger partial charge in [-0.2, -0.15) is 5.10 Å². The van der Waals surface area contributed by atoms with Crippen molar-refractivity contribution < 1.29 is 14.6 Å². The van der Waals surface area contributed by atoms with Gasteiger partial charge in [0.1, 0.15) is 24.0 Å². The van der Waals surface area contributed by atoms with Crippen LogP contribution in [0.2, 0.25) is 5.02 Å². The maximum Gasteiger partial charge on any atom is 0.256 e. The number of ether oxygens (including phenoxy) is 1. The van der Waals surface area contributed by atoms with Crippen LogP contribution < -0.4 is 10.1 Å². The van der Waals surface area contributed by atoms with Gasteiger partial charge in [-0.25, -0.2) is 9.50 Å². The van der Waals surface area contributed by atoms with Crippen molar-refractivity contribution in [2.75, 3.05) is 13.2 Å². The first-order valence-corrected chi connectivity index (χ1v) is 8.05. The summed E-state index contributed by atoms with van der Waals surface area (Å²) < 4.78 is 6.99. The molecule has 3 rings (SSSR count). The zero-order chi connectivity index (χ0) is 17.8. The van der Waals surface area contributed by atoms with Gasteiger partial charge in [-0.1, -0.05) is 11.6 Å². The molecule has 0 radical (unpaired) electrons. The lowest BCUT2D eigenvalue weighted by molar-refractivity contribution is 0.0845. The summed E-state index contributed by atoms with van der Waals surface area (Å²) in [5.41, 5.74) is 1.76. The first kappa shape index (κ1) is 17.2. The van der Waals surface area contributed by atoms with E-state index in [9.17, 15) is 9.90 Å². The van der Waals surface area contributed by atoms with Crippen LogP contribution in [0.5, 0.6) is 5.75 Å². The number of benzene rings is 1. The number of hydrogen-bond donors (Lipinski definition) is 2. The van der Waals surface area contributed by atoms with Crippen LogP contribution in [0.1, 0.15) is 15.9 Å². The van der Waals surface area contributed by atoms with Crippen molar-refractivity contribution in [3.8, 4) is 5.75 Å². The monoisotopic (exact) mass is 360 g/mol. The second kappa shape index (κ2) is 7.50. The second-order valence-electron chi connectivity index (χ2n) is 5.59. The topological polar surface area (TPSA) is 88.8 Å². The lowest BCUT2D eigenvalue weighted by Gasteiger charge is -2.13. The van der Waals surface area contributed by atoms with Crippen LogP contribution in [0.3, 0.4) is 0 Å². The molecule has 0 bridgehead atoms. The molecule has 0 unspecified atom stereocenters. The lowest BCUT2D eigenvalue weighted by atomic mass is 10.3. The van der Waals surface area contributed by atoms with Crippen LogP contribution in [0, 0.1) is 6.92 Å². The minimum atomic E-state index is -0.850. The summed E-state index contributed by atoms with van der Waals surface area (Å²) in [5.74, 6) is 0.244. The Labute approximate surface area is 149 Å². The minimum Gasteiger partial charge on any atom is -0.491 e. The van der Waals surface area contributed by atoms with E-state index >= 15 is 0 Å². The average molecular weight is 361 g/mol. The maximum absolute atomic E-state index is 12.2. The fourth-order valence-corrected chi connectivity index (χ4v) is 2.34. The van der Waals surface area contributed by atoms with Gasteiger partial charge in [0.15, 0.2) is 5.65 Å². The van der Waals surface area contributed by atoms with E-state index in [2.05, 4.69) is 15.4 Å². The molecule has 0 aliphatic carbocycles. The molecule has 0 fully saturated rings. The van der Waals surface area contributed by atoms with Gasteiger partial charge in [-0.05, 0) is 36.8 Å². The molecule has 0 aliphatic heterocycles. The minimum absolute atomic E-state index is 0.0497. The summed E-state index contributed by atoms with van der Waals surface area (Å²) in [6.45, 7) is 1.99. The summed E-state index contributed by atoms with van der Waals surface area (Å²) in [6, 6.07) is 6.82. The third-order valence-corrected chi connectivity index (χ3v) is 3.74. The smallest absolute Gasteiger partial charge is 0.256 e. The number of amides is 1. The van der Waals surface area contributed by atoms with E-state index in [4.69, 9.17) is 16.3 Å². The zero-order valence-corrected chi connectivity index (χ0v) is 14.3. The molecule has 2 aromatic heterocycles. The highest BCUT2D eigenvalue weighted by atomic mass is 35.5. The molecule has 0 spiro atoms. The maximum atomic E-state index is 12.2. The average Bonchev–Trinajstić information content (AvgIpc) is 3.02. The Balaban J connectivity index is 1.53. The number of nitrogens with one attached hydrogen (secondary N) is 1. The largest absolute Gasteiger partial charge is 0.491 e. The van der Waals surface area contributed by atoms with Gasteiger partial charge in [-0.15, -0.1) is 0 Å². The van der Waals surface area contributed by atoms with Crippen molar-refractivity contribution in [2.24, 2.45) is 0 Å². The SMILES string of the molecule is Cc1cnc2c(C(=O)NC[C@H](O)COc3ccc(Cl)cc3)cnn2c1. The van der Waals surface area contributed by atoms with Crippen LogP contribution in [0.25, 0.3) is 5.65 Å². The summed E-state index contributed by atoms with van der Waals surface area (Å²) in [5, 5.41) is 17.3. The van der Waals surface area contributed by atoms with E-state index in [0.29, 0.717) is 22.0 Å². The fourth-order valence-electron chi connectivity index (χ4n) is 2.22. The van der Waals surface area contributed by atoms with Gasteiger partial charge in [0.05, 0.1) is 6.20 Å². The highest BCUT2D eigenvalue weighted by Crippen LogP contribution is 2.15. The van der Waals surface area contributed by atoms with E-state index in [0.717, 1.165) is 5.56 Å². The molecule has 0 saturated carbocycles. The molecule has 8 heteroatoms. The number of aliphatic hydroxyl groups is 1. The quantitative estimate of drug-likeness (QED) is 0.700. The summed E-state index contributed by atoms with van der Waals surface area (Å²) in [6.07, 6.45) is 4.06. The van der Waals surface area contributed by atoms with Gasteiger partial charge in [0, 0.05) is 24.0 Å². The molecule has 1 aromatic carbocycles. The Kier molecular flexibility index (Phi) is 5.16. The second-order valence-corrected chi connectivity index (χ2v) is 6.02. The Morgan fingerprint density at radius 1 is 1.36 bits per heavy atom. The summed E-state index contributed by atoms with van der Waals surface area (Å²) in [7, 11) is 0. The molecule has 130 valence electrons. The van der Waals surface area contributed by atoms with Crippen molar-refractivity contribution in [3.63, 3.8) is 0 Å². The predicted octanol–water partition coefficient (Wildman–Crippen LogP) is 1.86. The third-order valence-electron chi connectivity index (χ3n) is 3.48. The van der Waals surface area contributed by atoms with E-state index in [-0.39, 0.29) is 19.1 Å². The number of nitrogens with zero attached hydrogens (tertiary/aromatic N) is 3. The lowest BCUT2D eigenvalue weighted by Crippen LogP contribution is -2.35. The number of aryl methyl sites for hydroxylation is 1. The van der Waals surface area contributed by atoms with E-state index in [1.165, 1.54) is 6.20 Å². The van der Waals surface area contributed by atoms with E-state index in [1.54, 1.807) is 41.2 Å². The number of hydrogen-bond acceptors (Lipinski definition) is 5. The molecule has 1 atom stereocenters. The van der Waals surface area contributed by atoms with Crippen molar-refractivity contribution in [2.45, 2.75) is 13.0 Å². The molecule has 0 saturated heterocycles. The Morgan fingerprint density at radius 2 is 2.12 bits per heavy atom. The number of rotatable bonds is 6. The Hall–Kier alpha value is -2.64. The van der Waals surface area contributed by atoms with Crippen molar-refractivity contribution >= 4 is 23.2 Å². The normalized spacial score (nSPS) is 12.1. The summed E-state index contributed by atoms with van der Waals surface area (Å²) >= 11 is 5.79. The van der Waals surface area contributed by atoms with Gasteiger partial charge in [-0.3, -0.25) is 4.79 Å². The first-order valence-electron chi connectivity index (χ1n) is 7.67. The van der Waals surface area contributed by atoms with Crippen LogP contribution >= 0.6 is 11.6 Å². The number of fused-ring (bicyclic) bond motifs is 1. The molecule has 25 heavy (non-hydrogen) atoms. The highest BCUT2D eigenvalue weighted by molar-refractivity contribution is 6.30. The zero-order valence-electron chi connectivity index (χ0n) is 13.5. The number of aliphatic hydroxyl groups excluding tert-OH is 1.